The van der Waals surface area contributed by atoms with Gasteiger partial charge in [0.05, 0.1) is 19.0 Å². The average molecular weight is 672 g/mol. The number of rotatable bonds is 7. The monoisotopic (exact) mass is 671 g/mol. The molecule has 2 saturated carbocycles. The minimum absolute atomic E-state index is 0.0651. The molecule has 12 heteroatoms. The van der Waals surface area contributed by atoms with Gasteiger partial charge in [-0.1, -0.05) is 30.7 Å². The number of hydrogen-bond donors (Lipinski definition) is 2. The summed E-state index contributed by atoms with van der Waals surface area (Å²) in [5.41, 5.74) is 4.42. The lowest BCUT2D eigenvalue weighted by Crippen LogP contribution is -2.44. The minimum Gasteiger partial charge on any atom is -0.343 e. The van der Waals surface area contributed by atoms with Crippen LogP contribution in [-0.2, 0) is 16.1 Å². The summed E-state index contributed by atoms with van der Waals surface area (Å²) in [7, 11) is 3.50. The summed E-state index contributed by atoms with van der Waals surface area (Å²) in [6.45, 7) is 0.357. The lowest BCUT2D eigenvalue weighted by atomic mass is 9.92. The van der Waals surface area contributed by atoms with Crippen LogP contribution < -0.4 is 10.6 Å². The zero-order valence-electron chi connectivity index (χ0n) is 28.0. The van der Waals surface area contributed by atoms with Gasteiger partial charge in [-0.2, -0.15) is 4.98 Å². The summed E-state index contributed by atoms with van der Waals surface area (Å²) in [6, 6.07) is 13.7. The van der Waals surface area contributed by atoms with Gasteiger partial charge in [0.1, 0.15) is 17.1 Å². The van der Waals surface area contributed by atoms with Crippen LogP contribution in [0.1, 0.15) is 93.3 Å². The lowest BCUT2D eigenvalue weighted by molar-refractivity contribution is -0.133. The summed E-state index contributed by atoms with van der Waals surface area (Å²) in [5, 5.41) is 6.84. The van der Waals surface area contributed by atoms with E-state index in [-0.39, 0.29) is 54.8 Å². The smallest absolute Gasteiger partial charge is 0.270 e. The fourth-order valence-electron chi connectivity index (χ4n) is 7.11. The molecule has 2 aliphatic carbocycles. The number of nitrogens with zero attached hydrogens (tertiary/aromatic N) is 5. The highest BCUT2D eigenvalue weighted by molar-refractivity contribution is 6.07. The van der Waals surface area contributed by atoms with Crippen LogP contribution in [0.5, 0.6) is 0 Å². The van der Waals surface area contributed by atoms with Gasteiger partial charge in [-0.15, -0.1) is 0 Å². The predicted octanol–water partition coefficient (Wildman–Crippen LogP) is 4.42. The Bertz CT molecular complexity index is 2100. The van der Waals surface area contributed by atoms with E-state index in [0.717, 1.165) is 42.3 Å². The predicted molar refractivity (Wildman–Crippen MR) is 186 cm³/mol. The molecule has 0 bridgehead atoms. The van der Waals surface area contributed by atoms with E-state index >= 15 is 0 Å². The third-order valence-electron chi connectivity index (χ3n) is 9.67. The fraction of sp³-hybridized carbons (Fsp3) is 0.342. The zero-order valence-corrected chi connectivity index (χ0v) is 28.0. The molecule has 7 rings (SSSR count). The maximum atomic E-state index is 13.1. The lowest BCUT2D eigenvalue weighted by Gasteiger charge is -2.29. The zero-order chi connectivity index (χ0) is 34.9. The van der Waals surface area contributed by atoms with Gasteiger partial charge in [0, 0.05) is 67.1 Å². The van der Waals surface area contributed by atoms with Crippen LogP contribution >= 0.6 is 0 Å². The number of nitrogens with one attached hydrogen (secondary N) is 2. The first kappa shape index (κ1) is 32.7. The van der Waals surface area contributed by atoms with Gasteiger partial charge in [0.25, 0.3) is 17.7 Å². The molecule has 0 spiro atoms. The molecule has 1 unspecified atom stereocenters. The van der Waals surface area contributed by atoms with Crippen LogP contribution in [0.3, 0.4) is 0 Å². The molecule has 3 amide bonds. The Morgan fingerprint density at radius 1 is 1.02 bits per heavy atom. The Morgan fingerprint density at radius 2 is 1.80 bits per heavy atom. The van der Waals surface area contributed by atoms with Crippen molar-refractivity contribution in [2.75, 3.05) is 26.0 Å². The van der Waals surface area contributed by atoms with E-state index in [1.165, 1.54) is 0 Å². The van der Waals surface area contributed by atoms with Crippen molar-refractivity contribution in [1.29, 1.82) is 0 Å². The van der Waals surface area contributed by atoms with Gasteiger partial charge >= 0.3 is 0 Å². The molecule has 254 valence electrons. The molecular formula is C38H37N7O5. The molecule has 0 saturated heterocycles. The first-order chi connectivity index (χ1) is 24.2. The molecule has 0 radical (unpaired) electrons. The Hall–Kier alpha value is -5.83. The SMILES string of the molecule is CN(C)C(=O)c1cc2cnc(Nc3ccc(C(=O)NCC#Cc4cccc5c4CN(C4CCC(=O)CC4=O)C5=O)cc3)nc2n1C1CCCC1. The van der Waals surface area contributed by atoms with E-state index in [4.69, 9.17) is 4.98 Å². The van der Waals surface area contributed by atoms with Crippen LogP contribution in [0.25, 0.3) is 11.0 Å². The fourth-order valence-corrected chi connectivity index (χ4v) is 7.11. The topological polar surface area (TPSA) is 147 Å². The third-order valence-corrected chi connectivity index (χ3v) is 9.67. The molecule has 3 heterocycles. The first-order valence-corrected chi connectivity index (χ1v) is 16.9. The summed E-state index contributed by atoms with van der Waals surface area (Å²) in [6.07, 6.45) is 6.49. The standard InChI is InChI=1S/C38H37N7O5/c1-43(2)37(50)32-19-25-21-40-38(42-34(25)45(32)27-9-3-4-10-27)41-26-14-12-24(13-15-26)35(48)39-18-6-8-23-7-5-11-29-30(23)22-44(36(29)49)31-17-16-28(46)20-33(31)47/h5,7,11-15,19,21,27,31H,3-4,9-10,16-18,20,22H2,1-2H3,(H,39,48)(H,40,41,42). The molecule has 2 aromatic heterocycles. The highest BCUT2D eigenvalue weighted by Crippen LogP contribution is 2.35. The maximum Gasteiger partial charge on any atom is 0.270 e. The van der Waals surface area contributed by atoms with Gasteiger partial charge in [0.2, 0.25) is 5.95 Å². The number of benzene rings is 2. The number of ketones is 2. The van der Waals surface area contributed by atoms with Gasteiger partial charge in [0.15, 0.2) is 5.78 Å². The van der Waals surface area contributed by atoms with Crippen molar-refractivity contribution in [3.63, 3.8) is 0 Å². The average Bonchev–Trinajstić information content (AvgIpc) is 3.85. The number of carbonyl (C=O) groups is 5. The second kappa shape index (κ2) is 13.6. The molecular weight excluding hydrogens is 634 g/mol. The number of Topliss-reactive ketones (excluding diaryl/α,β-unsaturated/α-hetero) is 2. The number of fused-ring (bicyclic) bond motifs is 2. The van der Waals surface area contributed by atoms with Gasteiger partial charge < -0.3 is 25.0 Å². The number of anilines is 2. The molecule has 1 atom stereocenters. The van der Waals surface area contributed by atoms with Gasteiger partial charge in [-0.25, -0.2) is 4.98 Å². The maximum absolute atomic E-state index is 13.1. The summed E-state index contributed by atoms with van der Waals surface area (Å²) >= 11 is 0. The van der Waals surface area contributed by atoms with Crippen LogP contribution in [0.15, 0.2) is 54.7 Å². The molecule has 2 fully saturated rings. The first-order valence-electron chi connectivity index (χ1n) is 16.9. The van der Waals surface area contributed by atoms with E-state index in [1.54, 1.807) is 66.5 Å². The van der Waals surface area contributed by atoms with Crippen molar-refractivity contribution < 1.29 is 24.0 Å². The summed E-state index contributed by atoms with van der Waals surface area (Å²) in [5.74, 6) is 5.56. The Morgan fingerprint density at radius 3 is 2.54 bits per heavy atom. The highest BCUT2D eigenvalue weighted by Gasteiger charge is 2.39. The molecule has 2 N–H and O–H groups in total. The number of amides is 3. The van der Waals surface area contributed by atoms with Crippen LogP contribution in [-0.4, -0.2) is 80.3 Å². The molecule has 12 nitrogen and oxygen atoms in total. The largest absolute Gasteiger partial charge is 0.343 e. The van der Waals surface area contributed by atoms with Crippen molar-refractivity contribution in [3.05, 3.63) is 82.7 Å². The van der Waals surface area contributed by atoms with Crippen LogP contribution in [0.4, 0.5) is 11.6 Å². The molecule has 2 aromatic carbocycles. The van der Waals surface area contributed by atoms with Crippen LogP contribution in [0.2, 0.25) is 0 Å². The Balaban J connectivity index is 0.988. The third kappa shape index (κ3) is 6.34. The second-order valence-corrected chi connectivity index (χ2v) is 13.2. The van der Waals surface area contributed by atoms with Crippen LogP contribution in [0, 0.1) is 11.8 Å². The summed E-state index contributed by atoms with van der Waals surface area (Å²) < 4.78 is 2.07. The molecule has 50 heavy (non-hydrogen) atoms. The highest BCUT2D eigenvalue weighted by atomic mass is 16.2. The van der Waals surface area contributed by atoms with E-state index in [0.29, 0.717) is 46.9 Å². The quantitative estimate of drug-likeness (QED) is 0.217. The molecule has 4 aromatic rings. The van der Waals surface area contributed by atoms with Crippen molar-refractivity contribution in [1.82, 2.24) is 29.7 Å². The number of hydrogen-bond acceptors (Lipinski definition) is 8. The Kier molecular flexibility index (Phi) is 8.89. The molecule has 3 aliphatic rings. The number of carbonyl (C=O) groups excluding carboxylic acids is 5. The van der Waals surface area contributed by atoms with Gasteiger partial charge in [-0.05, 0) is 67.3 Å². The van der Waals surface area contributed by atoms with Crippen molar-refractivity contribution in [2.24, 2.45) is 0 Å². The van der Waals surface area contributed by atoms with E-state index in [9.17, 15) is 24.0 Å². The minimum atomic E-state index is -0.590. The summed E-state index contributed by atoms with van der Waals surface area (Å²) in [4.78, 5) is 75.5. The van der Waals surface area contributed by atoms with Crippen molar-refractivity contribution in [2.45, 2.75) is 63.6 Å². The van der Waals surface area contributed by atoms with E-state index < -0.39 is 6.04 Å². The van der Waals surface area contributed by atoms with E-state index in [2.05, 4.69) is 32.0 Å². The van der Waals surface area contributed by atoms with Crippen molar-refractivity contribution in [3.8, 4) is 11.8 Å². The van der Waals surface area contributed by atoms with Gasteiger partial charge in [-0.3, -0.25) is 24.0 Å². The Labute approximate surface area is 289 Å². The van der Waals surface area contributed by atoms with E-state index in [1.807, 2.05) is 12.1 Å². The number of aromatic nitrogens is 3. The van der Waals surface area contributed by atoms with Crippen molar-refractivity contribution >= 4 is 52.0 Å². The second-order valence-electron chi connectivity index (χ2n) is 13.2. The normalized spacial score (nSPS) is 17.4. The molecule has 1 aliphatic heterocycles.